The molecule has 5 heteroatoms. The first kappa shape index (κ1) is 16.0. The zero-order chi connectivity index (χ0) is 14.4. The summed E-state index contributed by atoms with van der Waals surface area (Å²) >= 11 is 0. The Hall–Kier alpha value is -1.10. The summed E-state index contributed by atoms with van der Waals surface area (Å²) in [6, 6.07) is 0.222. The third-order valence-corrected chi connectivity index (χ3v) is 3.55. The first-order valence-corrected chi connectivity index (χ1v) is 7.04. The fourth-order valence-corrected chi connectivity index (χ4v) is 2.49. The number of hydrogen-bond acceptors (Lipinski definition) is 4. The van der Waals surface area contributed by atoms with E-state index < -0.39 is 0 Å². The van der Waals surface area contributed by atoms with Crippen LogP contribution >= 0.6 is 0 Å². The van der Waals surface area contributed by atoms with Crippen LogP contribution in [0.2, 0.25) is 0 Å². The van der Waals surface area contributed by atoms with Gasteiger partial charge in [-0.15, -0.1) is 0 Å². The van der Waals surface area contributed by atoms with Crippen molar-refractivity contribution < 1.29 is 14.3 Å². The Morgan fingerprint density at radius 2 is 2.11 bits per heavy atom. The van der Waals surface area contributed by atoms with Crippen molar-refractivity contribution in [2.75, 3.05) is 26.7 Å². The smallest absolute Gasteiger partial charge is 0.307 e. The Labute approximate surface area is 115 Å². The highest BCUT2D eigenvalue weighted by atomic mass is 16.5. The van der Waals surface area contributed by atoms with E-state index in [9.17, 15) is 9.59 Å². The van der Waals surface area contributed by atoms with Crippen LogP contribution in [0.4, 0.5) is 0 Å². The molecule has 0 bridgehead atoms. The van der Waals surface area contributed by atoms with Crippen LogP contribution < -0.4 is 5.32 Å². The molecule has 1 heterocycles. The molecule has 1 amide bonds. The van der Waals surface area contributed by atoms with Crippen LogP contribution in [0.5, 0.6) is 0 Å². The molecule has 1 rings (SSSR count). The maximum absolute atomic E-state index is 12.5. The van der Waals surface area contributed by atoms with E-state index in [1.165, 1.54) is 7.11 Å². The van der Waals surface area contributed by atoms with Gasteiger partial charge in [0.2, 0.25) is 5.91 Å². The molecule has 1 N–H and O–H groups in total. The molecule has 1 fully saturated rings. The second-order valence-electron chi connectivity index (χ2n) is 5.64. The monoisotopic (exact) mass is 270 g/mol. The van der Waals surface area contributed by atoms with E-state index in [1.54, 1.807) is 0 Å². The fraction of sp³-hybridized carbons (Fsp3) is 0.857. The summed E-state index contributed by atoms with van der Waals surface area (Å²) in [5.74, 6) is 0.330. The highest BCUT2D eigenvalue weighted by molar-refractivity contribution is 5.80. The predicted molar refractivity (Wildman–Crippen MR) is 73.6 cm³/mol. The van der Waals surface area contributed by atoms with E-state index in [-0.39, 0.29) is 30.3 Å². The fourth-order valence-electron chi connectivity index (χ4n) is 2.49. The Bertz CT molecular complexity index is 318. The number of esters is 1. The third-order valence-electron chi connectivity index (χ3n) is 3.55. The van der Waals surface area contributed by atoms with Crippen LogP contribution in [0.15, 0.2) is 0 Å². The number of nitrogens with zero attached hydrogens (tertiary/aromatic N) is 1. The van der Waals surface area contributed by atoms with E-state index in [2.05, 4.69) is 23.9 Å². The molecular formula is C14H26N2O3. The molecule has 5 nitrogen and oxygen atoms in total. The van der Waals surface area contributed by atoms with Crippen LogP contribution in [-0.2, 0) is 14.3 Å². The van der Waals surface area contributed by atoms with Gasteiger partial charge in [-0.2, -0.15) is 0 Å². The van der Waals surface area contributed by atoms with E-state index in [4.69, 9.17) is 0 Å². The Kier molecular flexibility index (Phi) is 6.28. The molecule has 110 valence electrons. The van der Waals surface area contributed by atoms with Crippen LogP contribution in [0.1, 0.15) is 33.6 Å². The van der Waals surface area contributed by atoms with Gasteiger partial charge in [-0.3, -0.25) is 9.59 Å². The van der Waals surface area contributed by atoms with Crippen molar-refractivity contribution in [3.8, 4) is 0 Å². The quantitative estimate of drug-likeness (QED) is 0.732. The zero-order valence-electron chi connectivity index (χ0n) is 12.4. The van der Waals surface area contributed by atoms with Crippen LogP contribution in [0.3, 0.4) is 0 Å². The van der Waals surface area contributed by atoms with Gasteiger partial charge in [-0.1, -0.05) is 13.8 Å². The molecule has 1 aliphatic heterocycles. The van der Waals surface area contributed by atoms with Gasteiger partial charge < -0.3 is 15.0 Å². The minimum Gasteiger partial charge on any atom is -0.469 e. The van der Waals surface area contributed by atoms with Crippen molar-refractivity contribution in [1.82, 2.24) is 10.2 Å². The molecule has 0 spiro atoms. The molecule has 1 aliphatic rings. The molecule has 1 saturated heterocycles. The van der Waals surface area contributed by atoms with Gasteiger partial charge in [0.15, 0.2) is 0 Å². The van der Waals surface area contributed by atoms with Gasteiger partial charge in [-0.25, -0.2) is 0 Å². The van der Waals surface area contributed by atoms with Crippen molar-refractivity contribution in [1.29, 1.82) is 0 Å². The molecule has 0 aromatic carbocycles. The summed E-state index contributed by atoms with van der Waals surface area (Å²) < 4.78 is 4.64. The summed E-state index contributed by atoms with van der Waals surface area (Å²) in [6.45, 7) is 8.24. The van der Waals surface area contributed by atoms with Gasteiger partial charge in [-0.05, 0) is 25.8 Å². The van der Waals surface area contributed by atoms with E-state index in [0.717, 1.165) is 13.0 Å². The summed E-state index contributed by atoms with van der Waals surface area (Å²) in [6.07, 6.45) is 1.15. The average molecular weight is 270 g/mol. The highest BCUT2D eigenvalue weighted by Gasteiger charge is 2.32. The van der Waals surface area contributed by atoms with E-state index in [1.807, 2.05) is 11.8 Å². The van der Waals surface area contributed by atoms with Gasteiger partial charge in [0, 0.05) is 19.1 Å². The van der Waals surface area contributed by atoms with Gasteiger partial charge in [0.25, 0.3) is 0 Å². The lowest BCUT2D eigenvalue weighted by atomic mass is 9.99. The summed E-state index contributed by atoms with van der Waals surface area (Å²) in [5.41, 5.74) is 0. The molecule has 0 aromatic heterocycles. The van der Waals surface area contributed by atoms with Crippen LogP contribution in [-0.4, -0.2) is 49.6 Å². The molecule has 19 heavy (non-hydrogen) atoms. The predicted octanol–water partition coefficient (Wildman–Crippen LogP) is 1.03. The van der Waals surface area contributed by atoms with Gasteiger partial charge in [0.1, 0.15) is 0 Å². The van der Waals surface area contributed by atoms with E-state index in [0.29, 0.717) is 19.0 Å². The normalized spacial score (nSPS) is 22.6. The number of carbonyl (C=O) groups is 2. The molecule has 0 aliphatic carbocycles. The minimum atomic E-state index is -0.265. The van der Waals surface area contributed by atoms with Crippen LogP contribution in [0, 0.1) is 11.8 Å². The molecule has 2 unspecified atom stereocenters. The number of rotatable bonds is 6. The van der Waals surface area contributed by atoms with E-state index >= 15 is 0 Å². The minimum absolute atomic E-state index is 0.0383. The Morgan fingerprint density at radius 1 is 1.42 bits per heavy atom. The van der Waals surface area contributed by atoms with Gasteiger partial charge in [0.05, 0.1) is 19.4 Å². The number of carbonyl (C=O) groups excluding carboxylic acids is 2. The van der Waals surface area contributed by atoms with Crippen molar-refractivity contribution in [3.63, 3.8) is 0 Å². The molecule has 0 radical (unpaired) electrons. The maximum atomic E-state index is 12.5. The number of ether oxygens (including phenoxy) is 1. The molecular weight excluding hydrogens is 244 g/mol. The first-order chi connectivity index (χ1) is 8.95. The lowest BCUT2D eigenvalue weighted by molar-refractivity contribution is -0.142. The topological polar surface area (TPSA) is 58.6 Å². The SMILES string of the molecule is COC(=O)CCN(CC(C)C)C(=O)C1CCNC1C. The summed E-state index contributed by atoms with van der Waals surface area (Å²) in [4.78, 5) is 25.6. The third kappa shape index (κ3) is 4.82. The Balaban J connectivity index is 2.61. The Morgan fingerprint density at radius 3 is 2.58 bits per heavy atom. The standard InChI is InChI=1S/C14H26N2O3/c1-10(2)9-16(8-6-13(17)19-4)14(18)12-5-7-15-11(12)3/h10-12,15H,5-9H2,1-4H3. The van der Waals surface area contributed by atoms with Crippen molar-refractivity contribution in [2.45, 2.75) is 39.7 Å². The highest BCUT2D eigenvalue weighted by Crippen LogP contribution is 2.19. The number of hydrogen-bond donors (Lipinski definition) is 1. The lowest BCUT2D eigenvalue weighted by Gasteiger charge is -2.28. The summed E-state index contributed by atoms with van der Waals surface area (Å²) in [7, 11) is 1.37. The van der Waals surface area contributed by atoms with Crippen molar-refractivity contribution in [2.24, 2.45) is 11.8 Å². The molecule has 0 aromatic rings. The maximum Gasteiger partial charge on any atom is 0.307 e. The first-order valence-electron chi connectivity index (χ1n) is 7.04. The van der Waals surface area contributed by atoms with Gasteiger partial charge >= 0.3 is 5.97 Å². The zero-order valence-corrected chi connectivity index (χ0v) is 12.4. The molecule has 2 atom stereocenters. The lowest BCUT2D eigenvalue weighted by Crippen LogP contribution is -2.43. The number of methoxy groups -OCH3 is 1. The van der Waals surface area contributed by atoms with Crippen LogP contribution in [0.25, 0.3) is 0 Å². The second-order valence-corrected chi connectivity index (χ2v) is 5.64. The summed E-state index contributed by atoms with van der Waals surface area (Å²) in [5, 5.41) is 3.30. The second kappa shape index (κ2) is 7.48. The van der Waals surface area contributed by atoms with Crippen molar-refractivity contribution >= 4 is 11.9 Å². The number of amides is 1. The number of nitrogens with one attached hydrogen (secondary N) is 1. The molecule has 0 saturated carbocycles. The van der Waals surface area contributed by atoms with Crippen molar-refractivity contribution in [3.05, 3.63) is 0 Å². The average Bonchev–Trinajstić information content (AvgIpc) is 2.78. The largest absolute Gasteiger partial charge is 0.469 e.